The maximum Gasteiger partial charge on any atom is 0.143 e. The Hall–Kier alpha value is -1.26. The van der Waals surface area contributed by atoms with Crippen LogP contribution in [0.2, 0.25) is 0 Å². The lowest BCUT2D eigenvalue weighted by Gasteiger charge is -2.31. The van der Waals surface area contributed by atoms with E-state index in [9.17, 15) is 0 Å². The monoisotopic (exact) mass is 263 g/mol. The lowest BCUT2D eigenvalue weighted by atomic mass is 10.2. The SMILES string of the molecule is CC(CN(C)C)Oc1ccccc1N1CCNCC1. The van der Waals surface area contributed by atoms with Crippen LogP contribution in [0.4, 0.5) is 5.69 Å². The molecule has 0 radical (unpaired) electrons. The third-order valence-corrected chi connectivity index (χ3v) is 3.27. The summed E-state index contributed by atoms with van der Waals surface area (Å²) in [6.45, 7) is 7.22. The Kier molecular flexibility index (Phi) is 5.05. The summed E-state index contributed by atoms with van der Waals surface area (Å²) in [6.07, 6.45) is 0.194. The van der Waals surface area contributed by atoms with Crippen molar-refractivity contribution >= 4 is 5.69 Å². The molecule has 1 fully saturated rings. The van der Waals surface area contributed by atoms with Crippen molar-refractivity contribution in [2.45, 2.75) is 13.0 Å². The molecule has 4 nitrogen and oxygen atoms in total. The molecule has 106 valence electrons. The molecule has 0 bridgehead atoms. The number of ether oxygens (including phenoxy) is 1. The molecule has 0 amide bonds. The third-order valence-electron chi connectivity index (χ3n) is 3.27. The van der Waals surface area contributed by atoms with E-state index in [1.54, 1.807) is 0 Å². The summed E-state index contributed by atoms with van der Waals surface area (Å²) in [5.74, 6) is 0.999. The van der Waals surface area contributed by atoms with Crippen molar-refractivity contribution in [2.75, 3.05) is 51.7 Å². The Morgan fingerprint density at radius 1 is 1.26 bits per heavy atom. The molecular weight excluding hydrogens is 238 g/mol. The quantitative estimate of drug-likeness (QED) is 0.869. The minimum Gasteiger partial charge on any atom is -0.487 e. The van der Waals surface area contributed by atoms with Gasteiger partial charge in [-0.3, -0.25) is 0 Å². The summed E-state index contributed by atoms with van der Waals surface area (Å²) in [5, 5.41) is 3.38. The van der Waals surface area contributed by atoms with Gasteiger partial charge < -0.3 is 19.9 Å². The van der Waals surface area contributed by atoms with E-state index in [2.05, 4.69) is 54.3 Å². The second-order valence-corrected chi connectivity index (χ2v) is 5.40. The number of rotatable bonds is 5. The third kappa shape index (κ3) is 4.11. The fourth-order valence-corrected chi connectivity index (χ4v) is 2.49. The van der Waals surface area contributed by atoms with Crippen molar-refractivity contribution in [3.63, 3.8) is 0 Å². The molecule has 0 aromatic heterocycles. The summed E-state index contributed by atoms with van der Waals surface area (Å²) in [7, 11) is 4.14. The Labute approximate surface area is 116 Å². The van der Waals surface area contributed by atoms with Gasteiger partial charge in [0.1, 0.15) is 11.9 Å². The summed E-state index contributed by atoms with van der Waals surface area (Å²) in [5.41, 5.74) is 1.22. The number of para-hydroxylation sites is 2. The minimum atomic E-state index is 0.194. The van der Waals surface area contributed by atoms with Crippen molar-refractivity contribution < 1.29 is 4.74 Å². The van der Waals surface area contributed by atoms with E-state index in [-0.39, 0.29) is 6.10 Å². The summed E-state index contributed by atoms with van der Waals surface area (Å²) >= 11 is 0. The van der Waals surface area contributed by atoms with Gasteiger partial charge in [-0.05, 0) is 33.2 Å². The van der Waals surface area contributed by atoms with Crippen molar-refractivity contribution in [2.24, 2.45) is 0 Å². The molecule has 4 heteroatoms. The number of likely N-dealkylation sites (N-methyl/N-ethyl adjacent to an activating group) is 1. The number of hydrogen-bond donors (Lipinski definition) is 1. The molecule has 0 saturated carbocycles. The van der Waals surface area contributed by atoms with Crippen molar-refractivity contribution in [3.05, 3.63) is 24.3 Å². The van der Waals surface area contributed by atoms with Crippen LogP contribution < -0.4 is 15.0 Å². The smallest absolute Gasteiger partial charge is 0.143 e. The number of benzene rings is 1. The highest BCUT2D eigenvalue weighted by Gasteiger charge is 2.16. The van der Waals surface area contributed by atoms with Gasteiger partial charge in [-0.15, -0.1) is 0 Å². The highest BCUT2D eigenvalue weighted by Crippen LogP contribution is 2.29. The van der Waals surface area contributed by atoms with Gasteiger partial charge in [-0.25, -0.2) is 0 Å². The van der Waals surface area contributed by atoms with Crippen LogP contribution >= 0.6 is 0 Å². The fourth-order valence-electron chi connectivity index (χ4n) is 2.49. The van der Waals surface area contributed by atoms with Gasteiger partial charge in [-0.1, -0.05) is 12.1 Å². The van der Waals surface area contributed by atoms with E-state index in [1.165, 1.54) is 5.69 Å². The van der Waals surface area contributed by atoms with E-state index in [0.29, 0.717) is 0 Å². The molecule has 1 aliphatic rings. The zero-order chi connectivity index (χ0) is 13.7. The highest BCUT2D eigenvalue weighted by molar-refractivity contribution is 5.58. The van der Waals surface area contributed by atoms with Crippen molar-refractivity contribution in [1.29, 1.82) is 0 Å². The van der Waals surface area contributed by atoms with Crippen LogP contribution in [0.15, 0.2) is 24.3 Å². The number of anilines is 1. The molecule has 1 unspecified atom stereocenters. The molecule has 19 heavy (non-hydrogen) atoms. The van der Waals surface area contributed by atoms with Gasteiger partial charge in [0.05, 0.1) is 5.69 Å². The summed E-state index contributed by atoms with van der Waals surface area (Å²) in [6, 6.07) is 8.36. The topological polar surface area (TPSA) is 27.7 Å². The molecule has 1 heterocycles. The highest BCUT2D eigenvalue weighted by atomic mass is 16.5. The van der Waals surface area contributed by atoms with Crippen LogP contribution in [0, 0.1) is 0 Å². The summed E-state index contributed by atoms with van der Waals surface area (Å²) < 4.78 is 6.11. The second kappa shape index (κ2) is 6.78. The predicted octanol–water partition coefficient (Wildman–Crippen LogP) is 1.43. The number of hydrogen-bond acceptors (Lipinski definition) is 4. The second-order valence-electron chi connectivity index (χ2n) is 5.40. The van der Waals surface area contributed by atoms with Crippen molar-refractivity contribution in [1.82, 2.24) is 10.2 Å². The maximum absolute atomic E-state index is 6.11. The Morgan fingerprint density at radius 3 is 2.63 bits per heavy atom. The Bertz CT molecular complexity index is 389. The first-order chi connectivity index (χ1) is 9.16. The molecule has 1 saturated heterocycles. The van der Waals surface area contributed by atoms with Gasteiger partial charge in [0.15, 0.2) is 0 Å². The largest absolute Gasteiger partial charge is 0.487 e. The molecule has 2 rings (SSSR count). The molecule has 1 atom stereocenters. The molecule has 1 aliphatic heterocycles. The van der Waals surface area contributed by atoms with Crippen LogP contribution in [-0.4, -0.2) is 57.8 Å². The van der Waals surface area contributed by atoms with Gasteiger partial charge >= 0.3 is 0 Å². The van der Waals surface area contributed by atoms with E-state index in [4.69, 9.17) is 4.74 Å². The minimum absolute atomic E-state index is 0.194. The van der Waals surface area contributed by atoms with E-state index < -0.39 is 0 Å². The Balaban J connectivity index is 2.07. The molecule has 0 spiro atoms. The lowest BCUT2D eigenvalue weighted by Crippen LogP contribution is -2.43. The normalized spacial score (nSPS) is 17.6. The van der Waals surface area contributed by atoms with Crippen LogP contribution in [0.3, 0.4) is 0 Å². The average molecular weight is 263 g/mol. The maximum atomic E-state index is 6.11. The standard InChI is InChI=1S/C15H25N3O/c1-13(12-17(2)3)19-15-7-5-4-6-14(15)18-10-8-16-9-11-18/h4-7,13,16H,8-12H2,1-3H3. The van der Waals surface area contributed by atoms with Crippen molar-refractivity contribution in [3.8, 4) is 5.75 Å². The zero-order valence-corrected chi connectivity index (χ0v) is 12.2. The molecule has 1 aromatic rings. The molecular formula is C15H25N3O. The Morgan fingerprint density at radius 2 is 1.95 bits per heavy atom. The fraction of sp³-hybridized carbons (Fsp3) is 0.600. The van der Waals surface area contributed by atoms with E-state index in [1.807, 2.05) is 6.07 Å². The first-order valence-electron chi connectivity index (χ1n) is 7.03. The number of nitrogens with zero attached hydrogens (tertiary/aromatic N) is 2. The average Bonchev–Trinajstić information content (AvgIpc) is 2.39. The first kappa shape index (κ1) is 14.2. The molecule has 1 N–H and O–H groups in total. The van der Waals surface area contributed by atoms with Crippen LogP contribution in [0.1, 0.15) is 6.92 Å². The molecule has 0 aliphatic carbocycles. The molecule has 1 aromatic carbocycles. The summed E-state index contributed by atoms with van der Waals surface area (Å²) in [4.78, 5) is 4.55. The van der Waals surface area contributed by atoms with Crippen LogP contribution in [-0.2, 0) is 0 Å². The number of nitrogens with one attached hydrogen (secondary N) is 1. The van der Waals surface area contributed by atoms with Crippen LogP contribution in [0.5, 0.6) is 5.75 Å². The first-order valence-corrected chi connectivity index (χ1v) is 7.03. The van der Waals surface area contributed by atoms with E-state index >= 15 is 0 Å². The van der Waals surface area contributed by atoms with Gasteiger partial charge in [0.25, 0.3) is 0 Å². The van der Waals surface area contributed by atoms with Gasteiger partial charge in [0, 0.05) is 32.7 Å². The lowest BCUT2D eigenvalue weighted by molar-refractivity contribution is 0.177. The zero-order valence-electron chi connectivity index (χ0n) is 12.2. The van der Waals surface area contributed by atoms with E-state index in [0.717, 1.165) is 38.5 Å². The van der Waals surface area contributed by atoms with Gasteiger partial charge in [-0.2, -0.15) is 0 Å². The van der Waals surface area contributed by atoms with Gasteiger partial charge in [0.2, 0.25) is 0 Å². The van der Waals surface area contributed by atoms with Crippen LogP contribution in [0.25, 0.3) is 0 Å². The predicted molar refractivity (Wildman–Crippen MR) is 80.2 cm³/mol. The number of piperazine rings is 1.